The summed E-state index contributed by atoms with van der Waals surface area (Å²) in [5.74, 6) is 0. The molecule has 0 aromatic rings. The van der Waals surface area contributed by atoms with E-state index in [4.69, 9.17) is 4.52 Å². The Morgan fingerprint density at radius 2 is 1.43 bits per heavy atom. The van der Waals surface area contributed by atoms with Crippen molar-refractivity contribution in [1.29, 1.82) is 0 Å². The lowest BCUT2D eigenvalue weighted by Gasteiger charge is -2.34. The molecule has 86 valence electrons. The van der Waals surface area contributed by atoms with Gasteiger partial charge in [-0.25, -0.2) is 4.67 Å². The molecule has 4 heteroatoms. The third kappa shape index (κ3) is 5.23. The van der Waals surface area contributed by atoms with Gasteiger partial charge in [0.25, 0.3) is 0 Å². The van der Waals surface area contributed by atoms with Gasteiger partial charge < -0.3 is 4.52 Å². The third-order valence-corrected chi connectivity index (χ3v) is 3.57. The molecule has 0 fully saturated rings. The summed E-state index contributed by atoms with van der Waals surface area (Å²) in [6, 6.07) is 0.349. The monoisotopic (exact) mass is 223 g/mol. The van der Waals surface area contributed by atoms with Gasteiger partial charge in [-0.2, -0.15) is 4.20 Å². The molecule has 1 atom stereocenters. The van der Waals surface area contributed by atoms with Crippen LogP contribution < -0.4 is 0 Å². The average Bonchev–Trinajstić information content (AvgIpc) is 1.78. The lowest BCUT2D eigenvalue weighted by molar-refractivity contribution is 0.113. The fourth-order valence-electron chi connectivity index (χ4n) is 1.23. The Bertz CT molecular complexity index is 160. The van der Waals surface area contributed by atoms with Gasteiger partial charge in [0, 0.05) is 12.1 Å². The molecule has 1 unspecified atom stereocenters. The van der Waals surface area contributed by atoms with E-state index in [0.29, 0.717) is 0 Å². The number of rotatable bonds is 4. The van der Waals surface area contributed by atoms with E-state index in [1.807, 2.05) is 48.5 Å². The fraction of sp³-hybridized carbons (Fsp3) is 1.00. The lowest BCUT2D eigenvalue weighted by atomic mass is 10.2. The van der Waals surface area contributed by atoms with Crippen molar-refractivity contribution in [3.8, 4) is 0 Å². The second-order valence-electron chi connectivity index (χ2n) is 5.00. The van der Waals surface area contributed by atoms with Gasteiger partial charge in [-0.15, -0.1) is 0 Å². The molecule has 14 heavy (non-hydrogen) atoms. The first-order valence-electron chi connectivity index (χ1n) is 5.08. The molecule has 0 aromatic carbocycles. The molecule has 0 amide bonds. The molecule has 0 aliphatic heterocycles. The second kappa shape index (κ2) is 5.39. The molecule has 0 heterocycles. The van der Waals surface area contributed by atoms with Crippen LogP contribution >= 0.6 is 8.61 Å². The van der Waals surface area contributed by atoms with Crippen molar-refractivity contribution in [3.05, 3.63) is 0 Å². The molecule has 0 aromatic heterocycles. The van der Waals surface area contributed by atoms with Gasteiger partial charge in [0.15, 0.2) is 0 Å². The first-order chi connectivity index (χ1) is 6.15. The summed E-state index contributed by atoms with van der Waals surface area (Å²) in [7, 11) is -1.98. The maximum atomic E-state index is 13.8. The van der Waals surface area contributed by atoms with Crippen LogP contribution in [0.15, 0.2) is 0 Å². The van der Waals surface area contributed by atoms with E-state index in [-0.39, 0.29) is 12.1 Å². The number of hydrogen-bond donors (Lipinski definition) is 0. The molecular formula is C10H23FNOP. The Labute approximate surface area is 88.8 Å². The van der Waals surface area contributed by atoms with Crippen molar-refractivity contribution in [1.82, 2.24) is 4.67 Å². The number of hydrogen-bond acceptors (Lipinski definition) is 2. The zero-order valence-electron chi connectivity index (χ0n) is 10.3. The Hall–Kier alpha value is 0.280. The van der Waals surface area contributed by atoms with Crippen molar-refractivity contribution in [3.63, 3.8) is 0 Å². The van der Waals surface area contributed by atoms with Crippen LogP contribution in [-0.4, -0.2) is 22.4 Å². The highest BCUT2D eigenvalue weighted by Gasteiger charge is 2.29. The molecule has 0 spiro atoms. The predicted molar refractivity (Wildman–Crippen MR) is 61.0 cm³/mol. The first-order valence-corrected chi connectivity index (χ1v) is 6.18. The van der Waals surface area contributed by atoms with Crippen LogP contribution in [0.4, 0.5) is 4.20 Å². The van der Waals surface area contributed by atoms with E-state index in [9.17, 15) is 4.20 Å². The van der Waals surface area contributed by atoms with Gasteiger partial charge in [0.2, 0.25) is 0 Å². The topological polar surface area (TPSA) is 12.5 Å². The van der Waals surface area contributed by atoms with Crippen LogP contribution in [0.25, 0.3) is 0 Å². The van der Waals surface area contributed by atoms with Gasteiger partial charge in [0.1, 0.15) is 0 Å². The van der Waals surface area contributed by atoms with Crippen molar-refractivity contribution in [2.24, 2.45) is 0 Å². The Morgan fingerprint density at radius 1 is 1.07 bits per heavy atom. The van der Waals surface area contributed by atoms with Crippen LogP contribution in [0.2, 0.25) is 0 Å². The molecule has 0 aliphatic carbocycles. The van der Waals surface area contributed by atoms with Crippen LogP contribution in [0, 0.1) is 0 Å². The summed E-state index contributed by atoms with van der Waals surface area (Å²) in [6.07, 6.45) is 0. The lowest BCUT2D eigenvalue weighted by Crippen LogP contribution is -2.33. The quantitative estimate of drug-likeness (QED) is 0.665. The highest BCUT2D eigenvalue weighted by molar-refractivity contribution is 7.44. The number of halogens is 1. The van der Waals surface area contributed by atoms with Crippen LogP contribution in [0.1, 0.15) is 48.5 Å². The molecule has 0 saturated carbocycles. The third-order valence-electron chi connectivity index (χ3n) is 1.59. The summed E-state index contributed by atoms with van der Waals surface area (Å²) in [4.78, 5) is 0. The molecule has 0 aliphatic rings. The summed E-state index contributed by atoms with van der Waals surface area (Å²) >= 11 is 0. The van der Waals surface area contributed by atoms with Crippen molar-refractivity contribution in [2.75, 3.05) is 0 Å². The standard InChI is InChI=1S/C10H23FNOP/c1-8(2)12(9(3)4)14(11)13-10(5,6)7/h8-9H,1-7H3. The van der Waals surface area contributed by atoms with Crippen LogP contribution in [-0.2, 0) is 4.52 Å². The van der Waals surface area contributed by atoms with E-state index in [1.54, 1.807) is 4.67 Å². The van der Waals surface area contributed by atoms with Gasteiger partial charge in [-0.1, -0.05) is 0 Å². The fourth-order valence-corrected chi connectivity index (χ4v) is 2.51. The minimum atomic E-state index is -1.98. The Balaban J connectivity index is 4.38. The smallest absolute Gasteiger partial charge is 0.304 e. The molecular weight excluding hydrogens is 200 g/mol. The van der Waals surface area contributed by atoms with Crippen molar-refractivity contribution >= 4 is 8.61 Å². The van der Waals surface area contributed by atoms with E-state index >= 15 is 0 Å². The van der Waals surface area contributed by atoms with Crippen LogP contribution in [0.5, 0.6) is 0 Å². The maximum Gasteiger partial charge on any atom is 0.304 e. The molecule has 0 N–H and O–H groups in total. The highest BCUT2D eigenvalue weighted by Crippen LogP contribution is 2.49. The van der Waals surface area contributed by atoms with Crippen molar-refractivity contribution in [2.45, 2.75) is 66.2 Å². The Morgan fingerprint density at radius 3 is 1.64 bits per heavy atom. The van der Waals surface area contributed by atoms with E-state index < -0.39 is 14.2 Å². The van der Waals surface area contributed by atoms with E-state index in [2.05, 4.69) is 0 Å². The van der Waals surface area contributed by atoms with Gasteiger partial charge in [0.05, 0.1) is 5.60 Å². The van der Waals surface area contributed by atoms with Crippen LogP contribution in [0.3, 0.4) is 0 Å². The molecule has 0 bridgehead atoms. The number of nitrogens with zero attached hydrogens (tertiary/aromatic N) is 1. The Kier molecular flexibility index (Phi) is 5.50. The van der Waals surface area contributed by atoms with Crippen molar-refractivity contribution < 1.29 is 8.72 Å². The summed E-state index contributed by atoms with van der Waals surface area (Å²) in [6.45, 7) is 13.6. The molecule has 0 radical (unpaired) electrons. The minimum absolute atomic E-state index is 0.175. The molecule has 0 saturated heterocycles. The predicted octanol–water partition coefficient (Wildman–Crippen LogP) is 4.12. The normalized spacial score (nSPS) is 15.6. The molecule has 2 nitrogen and oxygen atoms in total. The van der Waals surface area contributed by atoms with Gasteiger partial charge in [-0.05, 0) is 48.5 Å². The summed E-state index contributed by atoms with van der Waals surface area (Å²) in [5.41, 5.74) is -0.414. The summed E-state index contributed by atoms with van der Waals surface area (Å²) < 4.78 is 21.0. The zero-order valence-corrected chi connectivity index (χ0v) is 11.2. The first kappa shape index (κ1) is 14.3. The summed E-state index contributed by atoms with van der Waals surface area (Å²) in [5, 5.41) is 0. The second-order valence-corrected chi connectivity index (χ2v) is 6.09. The van der Waals surface area contributed by atoms with E-state index in [1.165, 1.54) is 0 Å². The maximum absolute atomic E-state index is 13.8. The zero-order chi connectivity index (χ0) is 11.5. The largest absolute Gasteiger partial charge is 0.313 e. The van der Waals surface area contributed by atoms with E-state index in [0.717, 1.165) is 0 Å². The van der Waals surface area contributed by atoms with Gasteiger partial charge >= 0.3 is 8.61 Å². The minimum Gasteiger partial charge on any atom is -0.313 e. The average molecular weight is 223 g/mol. The highest BCUT2D eigenvalue weighted by atomic mass is 31.2. The molecule has 0 rings (SSSR count). The SMILES string of the molecule is CC(C)N(C(C)C)P(F)OC(C)(C)C. The van der Waals surface area contributed by atoms with Gasteiger partial charge in [-0.3, -0.25) is 0 Å².